The molecule has 0 bridgehead atoms. The van der Waals surface area contributed by atoms with Gasteiger partial charge in [0.05, 0.1) is 0 Å². The molecule has 2 aliphatic heterocycles. The van der Waals surface area contributed by atoms with Crippen LogP contribution in [0.15, 0.2) is 42.7 Å². The predicted octanol–water partition coefficient (Wildman–Crippen LogP) is 2.67. The molecule has 4 rings (SSSR count). The molecule has 1 aromatic heterocycles. The number of piperidine rings is 1. The average molecular weight is 380 g/mol. The molecule has 1 amide bonds. The molecule has 0 atom stereocenters. The number of nitrogens with zero attached hydrogens (tertiary/aromatic N) is 5. The molecule has 0 saturated carbocycles. The fourth-order valence-electron chi connectivity index (χ4n) is 3.99. The van der Waals surface area contributed by atoms with Gasteiger partial charge >= 0.3 is 0 Å². The molecule has 2 aliphatic rings. The van der Waals surface area contributed by atoms with Crippen LogP contribution in [0.1, 0.15) is 35.8 Å². The first kappa shape index (κ1) is 18.9. The fourth-order valence-corrected chi connectivity index (χ4v) is 3.99. The van der Waals surface area contributed by atoms with Crippen LogP contribution < -0.4 is 4.90 Å². The Bertz CT molecular complexity index is 781. The van der Waals surface area contributed by atoms with Gasteiger partial charge in [0.1, 0.15) is 17.8 Å². The Morgan fingerprint density at radius 2 is 1.71 bits per heavy atom. The molecular formula is C22H29N5O. The van der Waals surface area contributed by atoms with Crippen molar-refractivity contribution >= 4 is 11.7 Å². The Hall–Kier alpha value is -2.47. The second kappa shape index (κ2) is 8.69. The lowest BCUT2D eigenvalue weighted by molar-refractivity contribution is 0.0691. The lowest BCUT2D eigenvalue weighted by Gasteiger charge is -2.35. The van der Waals surface area contributed by atoms with Gasteiger partial charge in [-0.05, 0) is 24.3 Å². The lowest BCUT2D eigenvalue weighted by atomic mass is 9.99. The Kier molecular flexibility index (Phi) is 5.86. The van der Waals surface area contributed by atoms with Crippen molar-refractivity contribution in [1.82, 2.24) is 19.8 Å². The number of piperazine rings is 1. The molecule has 28 heavy (non-hydrogen) atoms. The van der Waals surface area contributed by atoms with Crippen LogP contribution in [0.5, 0.6) is 0 Å². The minimum absolute atomic E-state index is 0.0401. The number of amides is 1. The number of hydrogen-bond donors (Lipinski definition) is 0. The topological polar surface area (TPSA) is 52.6 Å². The minimum Gasteiger partial charge on any atom is -0.354 e. The molecule has 2 fully saturated rings. The number of anilines is 1. The third-order valence-corrected chi connectivity index (χ3v) is 5.89. The van der Waals surface area contributed by atoms with Crippen LogP contribution in [0.25, 0.3) is 0 Å². The zero-order valence-electron chi connectivity index (χ0n) is 16.6. The third kappa shape index (κ3) is 4.50. The molecule has 0 unspecified atom stereocenters. The van der Waals surface area contributed by atoms with E-state index >= 15 is 0 Å². The largest absolute Gasteiger partial charge is 0.354 e. The lowest BCUT2D eigenvalue weighted by Crippen LogP contribution is -2.46. The summed E-state index contributed by atoms with van der Waals surface area (Å²) in [5.41, 5.74) is 1.87. The summed E-state index contributed by atoms with van der Waals surface area (Å²) in [6.45, 7) is 8.71. The number of benzene rings is 1. The fraction of sp³-hybridized carbons (Fsp3) is 0.500. The van der Waals surface area contributed by atoms with Crippen LogP contribution in [0.4, 0.5) is 5.82 Å². The van der Waals surface area contributed by atoms with Gasteiger partial charge in [-0.15, -0.1) is 0 Å². The van der Waals surface area contributed by atoms with E-state index in [1.165, 1.54) is 11.9 Å². The van der Waals surface area contributed by atoms with Crippen molar-refractivity contribution in [2.75, 3.05) is 44.2 Å². The summed E-state index contributed by atoms with van der Waals surface area (Å²) in [5, 5.41) is 0. The summed E-state index contributed by atoms with van der Waals surface area (Å²) in [6, 6.07) is 12.5. The molecule has 6 heteroatoms. The molecular weight excluding hydrogens is 350 g/mol. The van der Waals surface area contributed by atoms with E-state index in [2.05, 4.69) is 57.0 Å². The molecule has 1 aromatic carbocycles. The number of aromatic nitrogens is 2. The maximum absolute atomic E-state index is 12.8. The average Bonchev–Trinajstić information content (AvgIpc) is 2.75. The van der Waals surface area contributed by atoms with Crippen LogP contribution in [0.3, 0.4) is 0 Å². The highest BCUT2D eigenvalue weighted by molar-refractivity contribution is 5.93. The third-order valence-electron chi connectivity index (χ3n) is 5.89. The van der Waals surface area contributed by atoms with Gasteiger partial charge in [0.15, 0.2) is 0 Å². The Morgan fingerprint density at radius 1 is 1.00 bits per heavy atom. The summed E-state index contributed by atoms with van der Waals surface area (Å²) >= 11 is 0. The van der Waals surface area contributed by atoms with E-state index in [0.29, 0.717) is 11.6 Å². The van der Waals surface area contributed by atoms with Gasteiger partial charge in [0.25, 0.3) is 5.91 Å². The van der Waals surface area contributed by atoms with E-state index in [0.717, 1.165) is 64.5 Å². The van der Waals surface area contributed by atoms with Crippen LogP contribution in [0, 0.1) is 5.92 Å². The molecule has 148 valence electrons. The van der Waals surface area contributed by atoms with Gasteiger partial charge in [-0.1, -0.05) is 37.3 Å². The molecule has 0 spiro atoms. The van der Waals surface area contributed by atoms with Gasteiger partial charge in [-0.25, -0.2) is 9.97 Å². The van der Waals surface area contributed by atoms with Crippen molar-refractivity contribution in [3.63, 3.8) is 0 Å². The van der Waals surface area contributed by atoms with Gasteiger partial charge in [0.2, 0.25) is 0 Å². The van der Waals surface area contributed by atoms with Crippen molar-refractivity contribution in [3.05, 3.63) is 54.0 Å². The van der Waals surface area contributed by atoms with Gasteiger partial charge in [-0.3, -0.25) is 9.69 Å². The molecule has 2 saturated heterocycles. The van der Waals surface area contributed by atoms with Crippen molar-refractivity contribution in [3.8, 4) is 0 Å². The Balaban J connectivity index is 1.35. The zero-order valence-corrected chi connectivity index (χ0v) is 16.6. The van der Waals surface area contributed by atoms with E-state index in [-0.39, 0.29) is 5.91 Å². The van der Waals surface area contributed by atoms with Crippen molar-refractivity contribution in [1.29, 1.82) is 0 Å². The van der Waals surface area contributed by atoms with Crippen LogP contribution in [0.2, 0.25) is 0 Å². The summed E-state index contributed by atoms with van der Waals surface area (Å²) < 4.78 is 0. The highest BCUT2D eigenvalue weighted by atomic mass is 16.2. The van der Waals surface area contributed by atoms with Gasteiger partial charge in [0, 0.05) is 51.9 Å². The quantitative estimate of drug-likeness (QED) is 0.818. The molecule has 0 radical (unpaired) electrons. The first-order valence-electron chi connectivity index (χ1n) is 10.3. The molecule has 0 N–H and O–H groups in total. The van der Waals surface area contributed by atoms with E-state index in [1.54, 1.807) is 0 Å². The van der Waals surface area contributed by atoms with Gasteiger partial charge < -0.3 is 9.80 Å². The second-order valence-electron chi connectivity index (χ2n) is 7.98. The first-order chi connectivity index (χ1) is 13.7. The number of carbonyl (C=O) groups excluding carboxylic acids is 1. The van der Waals surface area contributed by atoms with Crippen molar-refractivity contribution in [2.24, 2.45) is 5.92 Å². The summed E-state index contributed by atoms with van der Waals surface area (Å²) in [6.07, 6.45) is 3.69. The van der Waals surface area contributed by atoms with E-state index < -0.39 is 0 Å². The van der Waals surface area contributed by atoms with Crippen LogP contribution >= 0.6 is 0 Å². The zero-order chi connectivity index (χ0) is 19.3. The normalized spacial score (nSPS) is 19.0. The first-order valence-corrected chi connectivity index (χ1v) is 10.3. The van der Waals surface area contributed by atoms with Crippen LogP contribution in [-0.2, 0) is 6.54 Å². The summed E-state index contributed by atoms with van der Waals surface area (Å²) in [4.78, 5) is 28.2. The standard InChI is InChI=1S/C22H29N5O/c1-18-7-9-27(10-8-18)22(28)20-15-21(24-17-23-20)26-13-11-25(12-14-26)16-19-5-3-2-4-6-19/h2-6,15,17-18H,7-14,16H2,1H3. The Labute approximate surface area is 167 Å². The molecule has 3 heterocycles. The van der Waals surface area contributed by atoms with Gasteiger partial charge in [-0.2, -0.15) is 0 Å². The number of rotatable bonds is 4. The second-order valence-corrected chi connectivity index (χ2v) is 7.98. The minimum atomic E-state index is 0.0401. The molecule has 2 aromatic rings. The highest BCUT2D eigenvalue weighted by Gasteiger charge is 2.24. The van der Waals surface area contributed by atoms with E-state index in [9.17, 15) is 4.79 Å². The highest BCUT2D eigenvalue weighted by Crippen LogP contribution is 2.20. The summed E-state index contributed by atoms with van der Waals surface area (Å²) in [5.74, 6) is 1.61. The number of likely N-dealkylation sites (tertiary alicyclic amines) is 1. The summed E-state index contributed by atoms with van der Waals surface area (Å²) in [7, 11) is 0. The predicted molar refractivity (Wildman–Crippen MR) is 110 cm³/mol. The van der Waals surface area contributed by atoms with E-state index in [1.807, 2.05) is 11.0 Å². The van der Waals surface area contributed by atoms with Crippen molar-refractivity contribution in [2.45, 2.75) is 26.3 Å². The number of hydrogen-bond acceptors (Lipinski definition) is 5. The van der Waals surface area contributed by atoms with Crippen molar-refractivity contribution < 1.29 is 4.79 Å². The van der Waals surface area contributed by atoms with Crippen LogP contribution in [-0.4, -0.2) is 64.9 Å². The smallest absolute Gasteiger partial charge is 0.272 e. The molecule has 6 nitrogen and oxygen atoms in total. The molecule has 0 aliphatic carbocycles. The SMILES string of the molecule is CC1CCN(C(=O)c2cc(N3CCN(Cc4ccccc4)CC3)ncn2)CC1. The maximum Gasteiger partial charge on any atom is 0.272 e. The maximum atomic E-state index is 12.8. The number of carbonyl (C=O) groups is 1. The Morgan fingerprint density at radius 3 is 2.43 bits per heavy atom. The monoisotopic (exact) mass is 379 g/mol. The van der Waals surface area contributed by atoms with E-state index in [4.69, 9.17) is 0 Å².